The van der Waals surface area contributed by atoms with Crippen LogP contribution in [-0.4, -0.2) is 5.78 Å². The minimum absolute atomic E-state index is 0.319. The average Bonchev–Trinajstić information content (AvgIpc) is 2.38. The first-order chi connectivity index (χ1) is 8.78. The van der Waals surface area contributed by atoms with E-state index in [1.807, 2.05) is 0 Å². The van der Waals surface area contributed by atoms with Gasteiger partial charge in [-0.15, -0.1) is 0 Å². The lowest BCUT2D eigenvalue weighted by Gasteiger charge is -2.16. The zero-order valence-electron chi connectivity index (χ0n) is 10.8. The smallest absolute Gasteiger partial charge is 0.163 e. The van der Waals surface area contributed by atoms with Gasteiger partial charge < -0.3 is 0 Å². The van der Waals surface area contributed by atoms with E-state index in [0.717, 1.165) is 31.2 Å². The van der Waals surface area contributed by atoms with E-state index in [0.29, 0.717) is 12.2 Å². The van der Waals surface area contributed by atoms with Crippen LogP contribution in [0.5, 0.6) is 0 Å². The highest BCUT2D eigenvalue weighted by Gasteiger charge is 2.17. The number of carbonyl (C=O) groups excluding carboxylic acids is 1. The van der Waals surface area contributed by atoms with Gasteiger partial charge in [-0.25, -0.2) is 0 Å². The van der Waals surface area contributed by atoms with Crippen molar-refractivity contribution in [3.05, 3.63) is 47.0 Å². The van der Waals surface area contributed by atoms with Crippen LogP contribution in [-0.2, 0) is 12.8 Å². The summed E-state index contributed by atoms with van der Waals surface area (Å²) in [4.78, 5) is 11.9. The second kappa shape index (κ2) is 4.56. The zero-order chi connectivity index (χ0) is 12.5. The number of Topliss-reactive ketones (excluding diaryl/α,β-unsaturated/α-hetero) is 1. The molecule has 0 saturated carbocycles. The third-order valence-corrected chi connectivity index (χ3v) is 3.82. The molecule has 0 amide bonds. The molecule has 2 aromatic rings. The summed E-state index contributed by atoms with van der Waals surface area (Å²) in [5.74, 6) is 0.319. The molecule has 18 heavy (non-hydrogen) atoms. The van der Waals surface area contributed by atoms with Gasteiger partial charge in [0.25, 0.3) is 0 Å². The summed E-state index contributed by atoms with van der Waals surface area (Å²) in [6, 6.07) is 11.0. The first-order valence-corrected chi connectivity index (χ1v) is 6.86. The average molecular weight is 238 g/mol. The number of benzene rings is 2. The van der Waals surface area contributed by atoms with Gasteiger partial charge in [0.1, 0.15) is 0 Å². The Hall–Kier alpha value is -1.63. The Balaban J connectivity index is 2.15. The maximum absolute atomic E-state index is 11.9. The van der Waals surface area contributed by atoms with Crippen LogP contribution in [0, 0.1) is 0 Å². The minimum Gasteiger partial charge on any atom is -0.294 e. The Morgan fingerprint density at radius 2 is 1.94 bits per heavy atom. The van der Waals surface area contributed by atoms with Gasteiger partial charge in [0, 0.05) is 12.0 Å². The van der Waals surface area contributed by atoms with Crippen LogP contribution in [0.3, 0.4) is 0 Å². The van der Waals surface area contributed by atoms with Gasteiger partial charge in [0.15, 0.2) is 5.78 Å². The molecule has 0 N–H and O–H groups in total. The van der Waals surface area contributed by atoms with Crippen LogP contribution in [0.25, 0.3) is 10.8 Å². The van der Waals surface area contributed by atoms with Crippen LogP contribution in [0.15, 0.2) is 30.3 Å². The van der Waals surface area contributed by atoms with Crippen molar-refractivity contribution in [3.63, 3.8) is 0 Å². The molecule has 0 aromatic heterocycles. The first-order valence-electron chi connectivity index (χ1n) is 6.86. The van der Waals surface area contributed by atoms with Crippen LogP contribution in [0.1, 0.15) is 47.7 Å². The summed E-state index contributed by atoms with van der Waals surface area (Å²) < 4.78 is 0. The largest absolute Gasteiger partial charge is 0.294 e. The summed E-state index contributed by atoms with van der Waals surface area (Å²) in [5.41, 5.74) is 3.57. The van der Waals surface area contributed by atoms with Gasteiger partial charge >= 0.3 is 0 Å². The predicted octanol–water partition coefficient (Wildman–Crippen LogP) is 4.31. The minimum atomic E-state index is 0.319. The summed E-state index contributed by atoms with van der Waals surface area (Å²) in [6.07, 6.45) is 5.04. The van der Waals surface area contributed by atoms with Crippen LogP contribution >= 0.6 is 0 Å². The Morgan fingerprint density at radius 3 is 2.78 bits per heavy atom. The van der Waals surface area contributed by atoms with E-state index in [1.165, 1.54) is 21.9 Å². The predicted molar refractivity (Wildman–Crippen MR) is 75.2 cm³/mol. The van der Waals surface area contributed by atoms with E-state index < -0.39 is 0 Å². The Kier molecular flexibility index (Phi) is 2.91. The number of ketones is 1. The number of carbonyl (C=O) groups is 1. The van der Waals surface area contributed by atoms with Crippen molar-refractivity contribution in [2.45, 2.75) is 39.0 Å². The second-order valence-corrected chi connectivity index (χ2v) is 5.22. The third-order valence-electron chi connectivity index (χ3n) is 3.82. The van der Waals surface area contributed by atoms with Gasteiger partial charge in [-0.3, -0.25) is 4.79 Å². The maximum Gasteiger partial charge on any atom is 0.163 e. The van der Waals surface area contributed by atoms with Gasteiger partial charge in [-0.1, -0.05) is 37.6 Å². The third kappa shape index (κ3) is 1.94. The summed E-state index contributed by atoms with van der Waals surface area (Å²) in [6.45, 7) is 2.20. The molecular formula is C17H18O. The summed E-state index contributed by atoms with van der Waals surface area (Å²) in [5, 5.41) is 2.48. The number of hydrogen-bond acceptors (Lipinski definition) is 1. The topological polar surface area (TPSA) is 17.1 Å². The van der Waals surface area contributed by atoms with Crippen LogP contribution in [0.4, 0.5) is 0 Å². The molecule has 0 atom stereocenters. The lowest BCUT2D eigenvalue weighted by molar-refractivity contribution is 0.0972. The molecular weight excluding hydrogens is 220 g/mol. The van der Waals surface area contributed by atoms with Gasteiger partial charge in [0.2, 0.25) is 0 Å². The molecule has 0 spiro atoms. The Morgan fingerprint density at radius 1 is 1.06 bits per heavy atom. The van der Waals surface area contributed by atoms with E-state index in [9.17, 15) is 4.79 Å². The molecule has 0 bridgehead atoms. The van der Waals surface area contributed by atoms with Crippen molar-refractivity contribution in [1.29, 1.82) is 0 Å². The van der Waals surface area contributed by atoms with E-state index in [2.05, 4.69) is 37.3 Å². The fraction of sp³-hybridized carbons (Fsp3) is 0.353. The van der Waals surface area contributed by atoms with Crippen molar-refractivity contribution in [2.75, 3.05) is 0 Å². The molecule has 3 rings (SSSR count). The molecule has 0 heterocycles. The molecule has 1 nitrogen and oxygen atoms in total. The fourth-order valence-electron chi connectivity index (χ4n) is 2.88. The van der Waals surface area contributed by atoms with Crippen molar-refractivity contribution in [2.24, 2.45) is 0 Å². The highest BCUT2D eigenvalue weighted by molar-refractivity contribution is 6.02. The normalized spacial score (nSPS) is 14.8. The monoisotopic (exact) mass is 238 g/mol. The molecule has 0 radical (unpaired) electrons. The standard InChI is InChI=1S/C17H18O/c1-2-4-12-7-8-13-10-14-5-3-6-17(18)16(14)11-15(13)9-12/h7-11H,2-6H2,1H3. The van der Waals surface area contributed by atoms with E-state index in [-0.39, 0.29) is 0 Å². The number of aryl methyl sites for hydroxylation is 2. The molecule has 1 aliphatic carbocycles. The molecule has 92 valence electrons. The second-order valence-electron chi connectivity index (χ2n) is 5.22. The zero-order valence-corrected chi connectivity index (χ0v) is 10.8. The molecule has 1 aliphatic rings. The summed E-state index contributed by atoms with van der Waals surface area (Å²) >= 11 is 0. The molecule has 0 saturated heterocycles. The van der Waals surface area contributed by atoms with Crippen LogP contribution in [0.2, 0.25) is 0 Å². The van der Waals surface area contributed by atoms with Gasteiger partial charge in [0.05, 0.1) is 0 Å². The van der Waals surface area contributed by atoms with E-state index in [4.69, 9.17) is 0 Å². The first kappa shape index (κ1) is 11.5. The van der Waals surface area contributed by atoms with Crippen molar-refractivity contribution >= 4 is 16.6 Å². The van der Waals surface area contributed by atoms with E-state index in [1.54, 1.807) is 0 Å². The lowest BCUT2D eigenvalue weighted by Crippen LogP contribution is -2.10. The highest BCUT2D eigenvalue weighted by atomic mass is 16.1. The molecule has 2 aromatic carbocycles. The van der Waals surface area contributed by atoms with Gasteiger partial charge in [-0.05, 0) is 47.2 Å². The van der Waals surface area contributed by atoms with Crippen molar-refractivity contribution < 1.29 is 4.79 Å². The van der Waals surface area contributed by atoms with E-state index >= 15 is 0 Å². The Labute approximate surface area is 108 Å². The number of rotatable bonds is 2. The van der Waals surface area contributed by atoms with Crippen LogP contribution < -0.4 is 0 Å². The van der Waals surface area contributed by atoms with Crippen molar-refractivity contribution in [1.82, 2.24) is 0 Å². The molecule has 0 unspecified atom stereocenters. The molecule has 1 heteroatoms. The summed E-state index contributed by atoms with van der Waals surface area (Å²) in [7, 11) is 0. The Bertz CT molecular complexity index is 610. The fourth-order valence-corrected chi connectivity index (χ4v) is 2.88. The number of fused-ring (bicyclic) bond motifs is 2. The SMILES string of the molecule is CCCc1ccc2cc3c(cc2c1)C(=O)CCC3. The van der Waals surface area contributed by atoms with Crippen molar-refractivity contribution in [3.8, 4) is 0 Å². The maximum atomic E-state index is 11.9. The number of hydrogen-bond donors (Lipinski definition) is 0. The molecule has 0 aliphatic heterocycles. The molecule has 0 fully saturated rings. The van der Waals surface area contributed by atoms with Gasteiger partial charge in [-0.2, -0.15) is 0 Å². The lowest BCUT2D eigenvalue weighted by atomic mass is 9.88. The quantitative estimate of drug-likeness (QED) is 0.762. The highest BCUT2D eigenvalue weighted by Crippen LogP contribution is 2.27.